The number of carbonyl (C=O) groups is 3. The number of hydrogen-bond donors (Lipinski definition) is 2. The molecule has 4 aromatic rings. The Morgan fingerprint density at radius 3 is 2.32 bits per heavy atom. The van der Waals surface area contributed by atoms with E-state index < -0.39 is 30.2 Å². The van der Waals surface area contributed by atoms with E-state index in [1.54, 1.807) is 6.07 Å². The molecule has 0 fully saturated rings. The maximum Gasteiger partial charge on any atom is 0.311 e. The van der Waals surface area contributed by atoms with Crippen molar-refractivity contribution in [3.05, 3.63) is 84.0 Å². The van der Waals surface area contributed by atoms with E-state index in [2.05, 4.69) is 50.3 Å². The predicted molar refractivity (Wildman–Crippen MR) is 197 cm³/mol. The summed E-state index contributed by atoms with van der Waals surface area (Å²) in [6.45, 7) is 9.71. The molecule has 7 unspecified atom stereocenters. The lowest BCUT2D eigenvalue weighted by molar-refractivity contribution is -0.164. The van der Waals surface area contributed by atoms with Crippen LogP contribution >= 0.6 is 0 Å². The number of esters is 2. The monoisotopic (exact) mass is 678 g/mol. The molecule has 0 saturated carbocycles. The van der Waals surface area contributed by atoms with Crippen LogP contribution in [0, 0.1) is 29.1 Å². The number of hydrogen-bond acceptors (Lipinski definition) is 7. The second-order valence-corrected chi connectivity index (χ2v) is 15.3. The average Bonchev–Trinajstić information content (AvgIpc) is 3.09. The van der Waals surface area contributed by atoms with Gasteiger partial charge in [-0.15, -0.1) is 0 Å². The smallest absolute Gasteiger partial charge is 0.311 e. The van der Waals surface area contributed by atoms with Gasteiger partial charge in [0.25, 0.3) is 0 Å². The van der Waals surface area contributed by atoms with Crippen molar-refractivity contribution >= 4 is 50.0 Å². The molecule has 2 aliphatic rings. The Morgan fingerprint density at radius 1 is 0.920 bits per heavy atom. The number of Topliss-reactive ketones (excluding diaryl/α,β-unsaturated/α-hetero) is 1. The third-order valence-electron chi connectivity index (χ3n) is 11.3. The van der Waals surface area contributed by atoms with Gasteiger partial charge in [0.15, 0.2) is 6.61 Å². The SMILES string of the molecule is CCC(C)(C)C(=O)OC1CC(C)C=C2C=CC(C)C(CCC(O)CC(O)CC(=O)OCC(=O)c3ccc4ccc5cccc6ccc3c4c56)C21. The highest BCUT2D eigenvalue weighted by atomic mass is 16.5. The maximum absolute atomic E-state index is 13.3. The van der Waals surface area contributed by atoms with E-state index in [1.807, 2.05) is 51.1 Å². The number of aliphatic hydroxyl groups is 2. The fourth-order valence-electron chi connectivity index (χ4n) is 8.02. The van der Waals surface area contributed by atoms with E-state index in [-0.39, 0.29) is 48.5 Å². The minimum atomic E-state index is -1.11. The lowest BCUT2D eigenvalue weighted by atomic mass is 9.65. The fraction of sp³-hybridized carbons (Fsp3) is 0.465. The van der Waals surface area contributed by atoms with Gasteiger partial charge in [-0.2, -0.15) is 0 Å². The molecule has 2 N–H and O–H groups in total. The molecule has 7 nitrogen and oxygen atoms in total. The van der Waals surface area contributed by atoms with Crippen molar-refractivity contribution in [3.8, 4) is 0 Å². The predicted octanol–water partition coefficient (Wildman–Crippen LogP) is 8.34. The molecule has 50 heavy (non-hydrogen) atoms. The van der Waals surface area contributed by atoms with E-state index in [1.165, 1.54) is 5.57 Å². The third-order valence-corrected chi connectivity index (χ3v) is 11.3. The number of rotatable bonds is 13. The van der Waals surface area contributed by atoms with E-state index in [4.69, 9.17) is 9.47 Å². The van der Waals surface area contributed by atoms with E-state index in [0.29, 0.717) is 30.7 Å². The number of benzene rings is 4. The topological polar surface area (TPSA) is 110 Å². The molecule has 0 bridgehead atoms. The standard InChI is InChI=1S/C43H50O7/c1-6-43(4,5)42(48)50-37-21-25(2)20-30-11-10-26(3)33(40(30)37)19-16-31(44)22-32(45)23-38(47)49-24-36(46)34-17-14-29-13-12-27-8-7-9-28-15-18-35(34)41(29)39(27)28/h7-15,17-18,20,25-26,31-33,37,40,44-45H,6,16,19,21-24H2,1-5H3. The minimum Gasteiger partial charge on any atom is -0.461 e. The first-order valence-corrected chi connectivity index (χ1v) is 18.2. The molecule has 0 heterocycles. The molecule has 0 amide bonds. The Labute approximate surface area is 294 Å². The third kappa shape index (κ3) is 7.35. The summed E-state index contributed by atoms with van der Waals surface area (Å²) < 4.78 is 11.5. The highest BCUT2D eigenvalue weighted by Crippen LogP contribution is 2.45. The van der Waals surface area contributed by atoms with Gasteiger partial charge >= 0.3 is 11.9 Å². The molecule has 0 aliphatic heterocycles. The van der Waals surface area contributed by atoms with Crippen molar-refractivity contribution in [2.24, 2.45) is 29.1 Å². The molecular weight excluding hydrogens is 628 g/mol. The molecule has 7 heteroatoms. The molecule has 6 rings (SSSR count). The summed E-state index contributed by atoms with van der Waals surface area (Å²) in [7, 11) is 0. The lowest BCUT2D eigenvalue weighted by Gasteiger charge is -2.44. The first-order valence-electron chi connectivity index (χ1n) is 18.2. The molecule has 4 aromatic carbocycles. The van der Waals surface area contributed by atoms with Gasteiger partial charge in [0.05, 0.1) is 24.0 Å². The Balaban J connectivity index is 1.03. The van der Waals surface area contributed by atoms with Crippen LogP contribution < -0.4 is 0 Å². The van der Waals surface area contributed by atoms with Crippen molar-refractivity contribution in [1.29, 1.82) is 0 Å². The number of aliphatic hydroxyl groups excluding tert-OH is 2. The van der Waals surface area contributed by atoms with E-state index in [9.17, 15) is 24.6 Å². The summed E-state index contributed by atoms with van der Waals surface area (Å²) in [6.07, 6.45) is 6.73. The summed E-state index contributed by atoms with van der Waals surface area (Å²) in [5, 5.41) is 27.8. The molecule has 0 saturated heterocycles. The van der Waals surface area contributed by atoms with Gasteiger partial charge in [0.2, 0.25) is 5.78 Å². The molecule has 0 aromatic heterocycles. The number of carbonyl (C=O) groups excluding carboxylic acids is 3. The zero-order valence-corrected chi connectivity index (χ0v) is 29.9. The van der Waals surface area contributed by atoms with Crippen LogP contribution in [0.1, 0.15) is 83.5 Å². The largest absolute Gasteiger partial charge is 0.461 e. The molecule has 7 atom stereocenters. The van der Waals surface area contributed by atoms with Gasteiger partial charge in [-0.25, -0.2) is 0 Å². The molecule has 264 valence electrons. The molecular formula is C43H50O7. The van der Waals surface area contributed by atoms with Crippen molar-refractivity contribution in [2.75, 3.05) is 6.61 Å². The zero-order chi connectivity index (χ0) is 35.7. The zero-order valence-electron chi connectivity index (χ0n) is 29.9. The quantitative estimate of drug-likeness (QED) is 0.0831. The summed E-state index contributed by atoms with van der Waals surface area (Å²) in [6, 6.07) is 17.9. The molecule has 0 radical (unpaired) electrons. The number of ketones is 1. The van der Waals surface area contributed by atoms with Crippen molar-refractivity contribution in [2.45, 2.75) is 91.5 Å². The summed E-state index contributed by atoms with van der Waals surface area (Å²) in [5.74, 6) is -0.457. The van der Waals surface area contributed by atoms with Crippen LogP contribution in [0.2, 0.25) is 0 Å². The summed E-state index contributed by atoms with van der Waals surface area (Å²) >= 11 is 0. The van der Waals surface area contributed by atoms with Gasteiger partial charge < -0.3 is 19.7 Å². The Bertz CT molecular complexity index is 1920. The normalized spacial score (nSPS) is 23.4. The Kier molecular flexibility index (Phi) is 10.5. The second kappa shape index (κ2) is 14.7. The van der Waals surface area contributed by atoms with Gasteiger partial charge in [-0.3, -0.25) is 14.4 Å². The van der Waals surface area contributed by atoms with Crippen LogP contribution in [0.25, 0.3) is 32.3 Å². The van der Waals surface area contributed by atoms with Gasteiger partial charge in [-0.05, 0) is 102 Å². The van der Waals surface area contributed by atoms with Crippen LogP contribution in [0.3, 0.4) is 0 Å². The summed E-state index contributed by atoms with van der Waals surface area (Å²) in [4.78, 5) is 39.1. The highest BCUT2D eigenvalue weighted by molar-refractivity contribution is 6.26. The first kappa shape index (κ1) is 35.7. The molecule has 2 aliphatic carbocycles. The Morgan fingerprint density at radius 2 is 1.60 bits per heavy atom. The van der Waals surface area contributed by atoms with E-state index >= 15 is 0 Å². The maximum atomic E-state index is 13.3. The number of allylic oxidation sites excluding steroid dienone is 3. The van der Waals surface area contributed by atoms with Gasteiger partial charge in [0.1, 0.15) is 6.10 Å². The Hall–Kier alpha value is -4.07. The molecule has 0 spiro atoms. The first-order chi connectivity index (χ1) is 23.9. The minimum absolute atomic E-state index is 0.0164. The lowest BCUT2D eigenvalue weighted by Crippen LogP contribution is -2.43. The van der Waals surface area contributed by atoms with Crippen molar-refractivity contribution < 1.29 is 34.1 Å². The number of fused-ring (bicyclic) bond motifs is 1. The van der Waals surface area contributed by atoms with Crippen molar-refractivity contribution in [3.63, 3.8) is 0 Å². The van der Waals surface area contributed by atoms with Crippen LogP contribution in [-0.4, -0.2) is 52.9 Å². The highest BCUT2D eigenvalue weighted by Gasteiger charge is 2.43. The van der Waals surface area contributed by atoms with Crippen molar-refractivity contribution in [1.82, 2.24) is 0 Å². The average molecular weight is 679 g/mol. The summed E-state index contributed by atoms with van der Waals surface area (Å²) in [5.41, 5.74) is 1.12. The van der Waals surface area contributed by atoms with Gasteiger partial charge in [0, 0.05) is 11.5 Å². The van der Waals surface area contributed by atoms with Crippen LogP contribution in [-0.2, 0) is 19.1 Å². The van der Waals surface area contributed by atoms with E-state index in [0.717, 1.165) is 38.7 Å². The second-order valence-electron chi connectivity index (χ2n) is 15.3. The van der Waals surface area contributed by atoms with Crippen LogP contribution in [0.15, 0.2) is 78.4 Å². The van der Waals surface area contributed by atoms with Crippen LogP contribution in [0.5, 0.6) is 0 Å². The van der Waals surface area contributed by atoms with Crippen LogP contribution in [0.4, 0.5) is 0 Å². The van der Waals surface area contributed by atoms with Gasteiger partial charge in [-0.1, -0.05) is 93.6 Å². The number of ether oxygens (including phenoxy) is 2. The fourth-order valence-corrected chi connectivity index (χ4v) is 8.02.